The van der Waals surface area contributed by atoms with Crippen molar-refractivity contribution in [2.45, 2.75) is 13.0 Å². The summed E-state index contributed by atoms with van der Waals surface area (Å²) < 4.78 is 0. The van der Waals surface area contributed by atoms with Crippen LogP contribution < -0.4 is 11.3 Å². The van der Waals surface area contributed by atoms with Crippen LogP contribution in [0.4, 0.5) is 0 Å². The summed E-state index contributed by atoms with van der Waals surface area (Å²) in [6, 6.07) is 0.0276. The highest BCUT2D eigenvalue weighted by atomic mass is 32.2. The van der Waals surface area contributed by atoms with E-state index in [0.29, 0.717) is 0 Å². The first-order valence-electron chi connectivity index (χ1n) is 3.81. The van der Waals surface area contributed by atoms with Gasteiger partial charge >= 0.3 is 11.8 Å². The topological polar surface area (TPSA) is 75.4 Å². The summed E-state index contributed by atoms with van der Waals surface area (Å²) in [6.07, 6.45) is 1.94. The Balaban J connectivity index is 4.16. The van der Waals surface area contributed by atoms with E-state index in [1.54, 1.807) is 24.2 Å². The van der Waals surface area contributed by atoms with Gasteiger partial charge in [0, 0.05) is 18.8 Å². The van der Waals surface area contributed by atoms with Gasteiger partial charge in [0.15, 0.2) is 0 Å². The number of rotatable bonds is 3. The van der Waals surface area contributed by atoms with Crippen LogP contribution in [0, 0.1) is 0 Å². The summed E-state index contributed by atoms with van der Waals surface area (Å²) in [7, 11) is 1.58. The Hall–Kier alpha value is -0.750. The van der Waals surface area contributed by atoms with E-state index in [-0.39, 0.29) is 6.04 Å². The lowest BCUT2D eigenvalue weighted by Gasteiger charge is -2.22. The first-order valence-corrected chi connectivity index (χ1v) is 5.20. The average Bonchev–Trinajstić information content (AvgIpc) is 2.14. The quantitative estimate of drug-likeness (QED) is 0.273. The molecule has 0 saturated carbocycles. The SMILES string of the molecule is CSCC(C)N(C)C(=O)C(=O)NN. The molecule has 0 bridgehead atoms. The predicted molar refractivity (Wildman–Crippen MR) is 52.9 cm³/mol. The number of hydrogen-bond donors (Lipinski definition) is 2. The van der Waals surface area contributed by atoms with Gasteiger partial charge in [0.1, 0.15) is 0 Å². The summed E-state index contributed by atoms with van der Waals surface area (Å²) in [5.74, 6) is 4.24. The lowest BCUT2D eigenvalue weighted by Crippen LogP contribution is -2.47. The highest BCUT2D eigenvalue weighted by molar-refractivity contribution is 7.98. The van der Waals surface area contributed by atoms with E-state index in [1.165, 1.54) is 4.90 Å². The van der Waals surface area contributed by atoms with Crippen molar-refractivity contribution < 1.29 is 9.59 Å². The summed E-state index contributed by atoms with van der Waals surface area (Å²) >= 11 is 1.62. The maximum Gasteiger partial charge on any atom is 0.323 e. The molecule has 0 aliphatic carbocycles. The molecule has 6 heteroatoms. The highest BCUT2D eigenvalue weighted by Crippen LogP contribution is 2.03. The van der Waals surface area contributed by atoms with Gasteiger partial charge in [-0.3, -0.25) is 15.0 Å². The molecule has 1 atom stereocenters. The first-order chi connectivity index (χ1) is 6.04. The second-order valence-corrected chi connectivity index (χ2v) is 3.60. The molecule has 0 aromatic carbocycles. The molecule has 0 rings (SSSR count). The van der Waals surface area contributed by atoms with Crippen LogP contribution in [-0.4, -0.2) is 41.8 Å². The Labute approximate surface area is 82.0 Å². The fourth-order valence-corrected chi connectivity index (χ4v) is 1.48. The number of carbonyl (C=O) groups excluding carboxylic acids is 2. The second kappa shape index (κ2) is 5.82. The minimum absolute atomic E-state index is 0.0276. The molecule has 0 aliphatic heterocycles. The van der Waals surface area contributed by atoms with Crippen LogP contribution in [0.2, 0.25) is 0 Å². The monoisotopic (exact) mass is 205 g/mol. The number of hydrogen-bond acceptors (Lipinski definition) is 4. The van der Waals surface area contributed by atoms with Gasteiger partial charge < -0.3 is 4.90 Å². The van der Waals surface area contributed by atoms with Gasteiger partial charge in [0.05, 0.1) is 0 Å². The Morgan fingerprint density at radius 1 is 1.62 bits per heavy atom. The highest BCUT2D eigenvalue weighted by Gasteiger charge is 2.21. The number of nitrogens with two attached hydrogens (primary N) is 1. The van der Waals surface area contributed by atoms with Crippen LogP contribution in [0.1, 0.15) is 6.92 Å². The third kappa shape index (κ3) is 3.65. The normalized spacial score (nSPS) is 12.0. The van der Waals surface area contributed by atoms with E-state index in [0.717, 1.165) is 5.75 Å². The molecule has 76 valence electrons. The molecule has 3 N–H and O–H groups in total. The van der Waals surface area contributed by atoms with Gasteiger partial charge in [-0.05, 0) is 13.2 Å². The molecular weight excluding hydrogens is 190 g/mol. The third-order valence-corrected chi connectivity index (χ3v) is 2.53. The first kappa shape index (κ1) is 12.2. The van der Waals surface area contributed by atoms with Gasteiger partial charge in [-0.1, -0.05) is 0 Å². The van der Waals surface area contributed by atoms with E-state index >= 15 is 0 Å². The van der Waals surface area contributed by atoms with Crippen LogP contribution in [0.15, 0.2) is 0 Å². The van der Waals surface area contributed by atoms with Gasteiger partial charge in [0.2, 0.25) is 0 Å². The van der Waals surface area contributed by atoms with E-state index in [1.807, 2.05) is 13.2 Å². The Morgan fingerprint density at radius 3 is 2.54 bits per heavy atom. The van der Waals surface area contributed by atoms with E-state index in [9.17, 15) is 9.59 Å². The summed E-state index contributed by atoms with van der Waals surface area (Å²) in [5.41, 5.74) is 1.81. The molecule has 13 heavy (non-hydrogen) atoms. The van der Waals surface area contributed by atoms with Crippen LogP contribution in [-0.2, 0) is 9.59 Å². The minimum Gasteiger partial charge on any atom is -0.334 e. The lowest BCUT2D eigenvalue weighted by molar-refractivity contribution is -0.145. The minimum atomic E-state index is -0.782. The molecule has 0 radical (unpaired) electrons. The molecule has 0 heterocycles. The van der Waals surface area contributed by atoms with E-state index < -0.39 is 11.8 Å². The van der Waals surface area contributed by atoms with Crippen LogP contribution in [0.3, 0.4) is 0 Å². The standard InChI is InChI=1S/C7H15N3O2S/c1-5(4-13-3)10(2)7(12)6(11)9-8/h5H,4,8H2,1-3H3,(H,9,11). The molecule has 0 aliphatic rings. The summed E-state index contributed by atoms with van der Waals surface area (Å²) in [6.45, 7) is 1.87. The van der Waals surface area contributed by atoms with Gasteiger partial charge in [0.25, 0.3) is 0 Å². The van der Waals surface area contributed by atoms with Crippen molar-refractivity contribution >= 4 is 23.6 Å². The number of nitrogens with zero attached hydrogens (tertiary/aromatic N) is 1. The Morgan fingerprint density at radius 2 is 2.15 bits per heavy atom. The fourth-order valence-electron chi connectivity index (χ4n) is 0.775. The predicted octanol–water partition coefficient (Wildman–Crippen LogP) is -0.814. The van der Waals surface area contributed by atoms with Crippen LogP contribution in [0.25, 0.3) is 0 Å². The number of likely N-dealkylation sites (N-methyl/N-ethyl adjacent to an activating group) is 1. The smallest absolute Gasteiger partial charge is 0.323 e. The number of hydrazine groups is 1. The van der Waals surface area contributed by atoms with Crippen molar-refractivity contribution in [3.63, 3.8) is 0 Å². The molecule has 0 saturated heterocycles. The molecule has 0 aromatic heterocycles. The van der Waals surface area contributed by atoms with Gasteiger partial charge in [-0.25, -0.2) is 5.84 Å². The van der Waals surface area contributed by atoms with Crippen molar-refractivity contribution in [1.82, 2.24) is 10.3 Å². The molecule has 2 amide bonds. The maximum atomic E-state index is 11.2. The summed E-state index contributed by atoms with van der Waals surface area (Å²) in [5, 5.41) is 0. The zero-order valence-corrected chi connectivity index (χ0v) is 8.85. The molecule has 5 nitrogen and oxygen atoms in total. The average molecular weight is 205 g/mol. The van der Waals surface area contributed by atoms with E-state index in [4.69, 9.17) is 5.84 Å². The second-order valence-electron chi connectivity index (χ2n) is 2.69. The fraction of sp³-hybridized carbons (Fsp3) is 0.714. The molecule has 0 spiro atoms. The van der Waals surface area contributed by atoms with Crippen molar-refractivity contribution in [2.24, 2.45) is 5.84 Å². The number of amides is 2. The van der Waals surface area contributed by atoms with Crippen molar-refractivity contribution in [3.05, 3.63) is 0 Å². The third-order valence-electron chi connectivity index (χ3n) is 1.71. The van der Waals surface area contributed by atoms with Crippen molar-refractivity contribution in [1.29, 1.82) is 0 Å². The Bertz CT molecular complexity index is 198. The molecular formula is C7H15N3O2S. The molecule has 1 unspecified atom stereocenters. The van der Waals surface area contributed by atoms with Gasteiger partial charge in [-0.2, -0.15) is 11.8 Å². The maximum absolute atomic E-state index is 11.2. The Kier molecular flexibility index (Phi) is 5.48. The number of carbonyl (C=O) groups is 2. The molecule has 0 aromatic rings. The van der Waals surface area contributed by atoms with Crippen LogP contribution in [0.5, 0.6) is 0 Å². The van der Waals surface area contributed by atoms with Crippen molar-refractivity contribution in [2.75, 3.05) is 19.1 Å². The van der Waals surface area contributed by atoms with Crippen LogP contribution >= 0.6 is 11.8 Å². The number of thioether (sulfide) groups is 1. The number of nitrogens with one attached hydrogen (secondary N) is 1. The summed E-state index contributed by atoms with van der Waals surface area (Å²) in [4.78, 5) is 23.4. The zero-order chi connectivity index (χ0) is 10.4. The van der Waals surface area contributed by atoms with Crippen molar-refractivity contribution in [3.8, 4) is 0 Å². The lowest BCUT2D eigenvalue weighted by atomic mass is 10.3. The van der Waals surface area contributed by atoms with E-state index in [2.05, 4.69) is 0 Å². The van der Waals surface area contributed by atoms with Gasteiger partial charge in [-0.15, -0.1) is 0 Å². The zero-order valence-electron chi connectivity index (χ0n) is 8.03. The largest absolute Gasteiger partial charge is 0.334 e. The molecule has 0 fully saturated rings.